The van der Waals surface area contributed by atoms with Crippen LogP contribution in [0, 0.1) is 6.92 Å². The highest BCUT2D eigenvalue weighted by Gasteiger charge is 2.22. The molecule has 1 amide bonds. The normalized spacial score (nSPS) is 16.1. The van der Waals surface area contributed by atoms with Crippen LogP contribution in [0.15, 0.2) is 0 Å². The van der Waals surface area contributed by atoms with E-state index >= 15 is 0 Å². The molecule has 1 saturated heterocycles. The minimum Gasteiger partial charge on any atom is -0.343 e. The van der Waals surface area contributed by atoms with E-state index in [1.54, 1.807) is 11.3 Å². The second kappa shape index (κ2) is 6.13. The fourth-order valence-electron chi connectivity index (χ4n) is 2.05. The van der Waals surface area contributed by atoms with Gasteiger partial charge in [-0.3, -0.25) is 4.79 Å². The lowest BCUT2D eigenvalue weighted by molar-refractivity contribution is -0.131. The number of carbonyl (C=O) groups is 1. The number of hydrogen-bond acceptors (Lipinski definition) is 5. The highest BCUT2D eigenvalue weighted by Crippen LogP contribution is 2.20. The van der Waals surface area contributed by atoms with Crippen molar-refractivity contribution in [2.24, 2.45) is 0 Å². The minimum atomic E-state index is 0.296. The fourth-order valence-corrected chi connectivity index (χ4v) is 2.79. The first-order chi connectivity index (χ1) is 8.70. The van der Waals surface area contributed by atoms with Gasteiger partial charge >= 0.3 is 0 Å². The van der Waals surface area contributed by atoms with Gasteiger partial charge in [-0.1, -0.05) is 24.7 Å². The molecule has 2 rings (SSSR count). The first kappa shape index (κ1) is 13.3. The number of anilines is 1. The summed E-state index contributed by atoms with van der Waals surface area (Å²) in [5, 5.41) is 10.2. The van der Waals surface area contributed by atoms with Crippen LogP contribution in [0.4, 0.5) is 5.13 Å². The minimum absolute atomic E-state index is 0.296. The zero-order valence-corrected chi connectivity index (χ0v) is 11.9. The van der Waals surface area contributed by atoms with Gasteiger partial charge in [0.1, 0.15) is 5.01 Å². The SMILES string of the molecule is CCCCC(=O)N1CCN(c2nnc(C)s2)CC1. The molecule has 0 unspecified atom stereocenters. The molecular weight excluding hydrogens is 248 g/mol. The number of unbranched alkanes of at least 4 members (excludes halogenated alkanes) is 1. The van der Waals surface area contributed by atoms with E-state index in [1.165, 1.54) is 0 Å². The molecule has 0 radical (unpaired) electrons. The van der Waals surface area contributed by atoms with Crippen molar-refractivity contribution in [3.63, 3.8) is 0 Å². The summed E-state index contributed by atoms with van der Waals surface area (Å²) in [5.41, 5.74) is 0. The van der Waals surface area contributed by atoms with Crippen LogP contribution in [0.3, 0.4) is 0 Å². The molecule has 1 fully saturated rings. The van der Waals surface area contributed by atoms with Gasteiger partial charge < -0.3 is 9.80 Å². The Morgan fingerprint density at radius 3 is 2.56 bits per heavy atom. The number of rotatable bonds is 4. The molecule has 18 heavy (non-hydrogen) atoms. The lowest BCUT2D eigenvalue weighted by Crippen LogP contribution is -2.48. The molecule has 0 aromatic carbocycles. The highest BCUT2D eigenvalue weighted by atomic mass is 32.1. The van der Waals surface area contributed by atoms with Crippen molar-refractivity contribution >= 4 is 22.4 Å². The third-order valence-electron chi connectivity index (χ3n) is 3.16. The van der Waals surface area contributed by atoms with Crippen molar-refractivity contribution in [3.8, 4) is 0 Å². The molecule has 0 atom stereocenters. The molecule has 1 aliphatic heterocycles. The number of piperazine rings is 1. The number of carbonyl (C=O) groups excluding carboxylic acids is 1. The Hall–Kier alpha value is -1.17. The van der Waals surface area contributed by atoms with Gasteiger partial charge in [0, 0.05) is 32.6 Å². The largest absolute Gasteiger partial charge is 0.343 e. The molecule has 100 valence electrons. The van der Waals surface area contributed by atoms with Crippen LogP contribution < -0.4 is 4.90 Å². The fraction of sp³-hybridized carbons (Fsp3) is 0.750. The van der Waals surface area contributed by atoms with Crippen LogP contribution in [-0.2, 0) is 4.79 Å². The van der Waals surface area contributed by atoms with Crippen LogP contribution in [0.2, 0.25) is 0 Å². The molecule has 0 N–H and O–H groups in total. The average Bonchev–Trinajstić information content (AvgIpc) is 2.83. The zero-order valence-electron chi connectivity index (χ0n) is 11.1. The monoisotopic (exact) mass is 268 g/mol. The van der Waals surface area contributed by atoms with E-state index in [9.17, 15) is 4.79 Å². The Bertz CT molecular complexity index is 399. The Balaban J connectivity index is 1.82. The maximum absolute atomic E-state index is 11.9. The zero-order chi connectivity index (χ0) is 13.0. The van der Waals surface area contributed by atoms with E-state index in [2.05, 4.69) is 22.0 Å². The number of aromatic nitrogens is 2. The quantitative estimate of drug-likeness (QED) is 0.833. The molecule has 1 aromatic rings. The molecule has 6 heteroatoms. The molecule has 0 saturated carbocycles. The van der Waals surface area contributed by atoms with Crippen LogP contribution in [0.1, 0.15) is 31.2 Å². The first-order valence-electron chi connectivity index (χ1n) is 6.53. The number of nitrogens with zero attached hydrogens (tertiary/aromatic N) is 4. The summed E-state index contributed by atoms with van der Waals surface area (Å²) >= 11 is 1.62. The Kier molecular flexibility index (Phi) is 4.52. The lowest BCUT2D eigenvalue weighted by Gasteiger charge is -2.34. The van der Waals surface area contributed by atoms with Gasteiger partial charge in [0.15, 0.2) is 0 Å². The van der Waals surface area contributed by atoms with Gasteiger partial charge in [0.2, 0.25) is 11.0 Å². The molecule has 0 aliphatic carbocycles. The van der Waals surface area contributed by atoms with Crippen molar-refractivity contribution in [2.75, 3.05) is 31.1 Å². The van der Waals surface area contributed by atoms with E-state index < -0.39 is 0 Å². The molecule has 2 heterocycles. The maximum atomic E-state index is 11.9. The van der Waals surface area contributed by atoms with Crippen molar-refractivity contribution in [3.05, 3.63) is 5.01 Å². The summed E-state index contributed by atoms with van der Waals surface area (Å²) in [6.07, 6.45) is 2.76. The van der Waals surface area contributed by atoms with Crippen LogP contribution in [-0.4, -0.2) is 47.2 Å². The van der Waals surface area contributed by atoms with Crippen LogP contribution >= 0.6 is 11.3 Å². The summed E-state index contributed by atoms with van der Waals surface area (Å²) in [5.74, 6) is 0.296. The van der Waals surface area contributed by atoms with Crippen LogP contribution in [0.5, 0.6) is 0 Å². The van der Waals surface area contributed by atoms with Gasteiger partial charge in [0.05, 0.1) is 0 Å². The van der Waals surface area contributed by atoms with E-state index in [1.807, 2.05) is 11.8 Å². The second-order valence-electron chi connectivity index (χ2n) is 4.58. The van der Waals surface area contributed by atoms with E-state index in [4.69, 9.17) is 0 Å². The second-order valence-corrected chi connectivity index (χ2v) is 5.74. The smallest absolute Gasteiger partial charge is 0.222 e. The summed E-state index contributed by atoms with van der Waals surface area (Å²) in [7, 11) is 0. The number of hydrogen-bond donors (Lipinski definition) is 0. The topological polar surface area (TPSA) is 49.3 Å². The van der Waals surface area contributed by atoms with Gasteiger partial charge in [-0.15, -0.1) is 10.2 Å². The maximum Gasteiger partial charge on any atom is 0.222 e. The average molecular weight is 268 g/mol. The third kappa shape index (κ3) is 3.19. The van der Waals surface area contributed by atoms with E-state index in [0.717, 1.165) is 49.2 Å². The molecular formula is C12H20N4OS. The molecule has 5 nitrogen and oxygen atoms in total. The Morgan fingerprint density at radius 1 is 1.28 bits per heavy atom. The van der Waals surface area contributed by atoms with Gasteiger partial charge in [-0.25, -0.2) is 0 Å². The molecule has 0 spiro atoms. The Labute approximate surface area is 112 Å². The molecule has 0 bridgehead atoms. The van der Waals surface area contributed by atoms with Gasteiger partial charge in [-0.05, 0) is 13.3 Å². The van der Waals surface area contributed by atoms with Gasteiger partial charge in [0.25, 0.3) is 0 Å². The summed E-state index contributed by atoms with van der Waals surface area (Å²) in [6.45, 7) is 7.43. The van der Waals surface area contributed by atoms with Crippen molar-refractivity contribution in [1.82, 2.24) is 15.1 Å². The molecule has 1 aromatic heterocycles. The van der Waals surface area contributed by atoms with Crippen LogP contribution in [0.25, 0.3) is 0 Å². The molecule has 1 aliphatic rings. The van der Waals surface area contributed by atoms with E-state index in [0.29, 0.717) is 12.3 Å². The highest BCUT2D eigenvalue weighted by molar-refractivity contribution is 7.15. The first-order valence-corrected chi connectivity index (χ1v) is 7.35. The summed E-state index contributed by atoms with van der Waals surface area (Å²) in [6, 6.07) is 0. The van der Waals surface area contributed by atoms with Gasteiger partial charge in [-0.2, -0.15) is 0 Å². The number of aryl methyl sites for hydroxylation is 1. The van der Waals surface area contributed by atoms with Crippen molar-refractivity contribution in [2.45, 2.75) is 33.1 Å². The summed E-state index contributed by atoms with van der Waals surface area (Å²) in [4.78, 5) is 16.1. The standard InChI is InChI=1S/C12H20N4OS/c1-3-4-5-11(17)15-6-8-16(9-7-15)12-14-13-10(2)18-12/h3-9H2,1-2H3. The lowest BCUT2D eigenvalue weighted by atomic mass is 10.2. The predicted molar refractivity (Wildman–Crippen MR) is 73.0 cm³/mol. The number of amides is 1. The Morgan fingerprint density at radius 2 is 2.00 bits per heavy atom. The third-order valence-corrected chi connectivity index (χ3v) is 4.06. The van der Waals surface area contributed by atoms with Crippen molar-refractivity contribution in [1.29, 1.82) is 0 Å². The predicted octanol–water partition coefficient (Wildman–Crippen LogP) is 1.69. The van der Waals surface area contributed by atoms with E-state index in [-0.39, 0.29) is 0 Å². The summed E-state index contributed by atoms with van der Waals surface area (Å²) < 4.78 is 0. The van der Waals surface area contributed by atoms with Crippen molar-refractivity contribution < 1.29 is 4.79 Å².